The van der Waals surface area contributed by atoms with Gasteiger partial charge in [-0.1, -0.05) is 0 Å². The van der Waals surface area contributed by atoms with Crippen LogP contribution < -0.4 is 5.73 Å². The molecule has 2 aromatic rings. The van der Waals surface area contributed by atoms with E-state index in [1.54, 1.807) is 0 Å². The van der Waals surface area contributed by atoms with Gasteiger partial charge in [0.25, 0.3) is 6.01 Å². The number of fused-ring (bicyclic) bond motifs is 1. The van der Waals surface area contributed by atoms with E-state index in [2.05, 4.69) is 9.97 Å². The summed E-state index contributed by atoms with van der Waals surface area (Å²) in [6, 6.07) is 1.21. The number of oxazole rings is 1. The van der Waals surface area contributed by atoms with Gasteiger partial charge in [-0.3, -0.25) is 0 Å². The fourth-order valence-electron chi connectivity index (χ4n) is 0.815. The molecule has 11 heavy (non-hydrogen) atoms. The molecule has 56 valence electrons. The van der Waals surface area contributed by atoms with Crippen molar-refractivity contribution in [2.75, 3.05) is 5.73 Å². The molecule has 0 aliphatic heterocycles. The summed E-state index contributed by atoms with van der Waals surface area (Å²) in [4.78, 5) is 7.30. The molecule has 2 heterocycles. The van der Waals surface area contributed by atoms with Gasteiger partial charge in [0.05, 0.1) is 6.20 Å². The lowest BCUT2D eigenvalue weighted by Gasteiger charge is -1.83. The third kappa shape index (κ3) is 0.899. The SMILES string of the molecule is Nc1nc2cc(F)cnc2o1. The Labute approximate surface area is 60.9 Å². The number of hydrogen-bond donors (Lipinski definition) is 1. The van der Waals surface area contributed by atoms with Crippen LogP contribution in [0, 0.1) is 5.82 Å². The van der Waals surface area contributed by atoms with Gasteiger partial charge in [-0.05, 0) is 0 Å². The van der Waals surface area contributed by atoms with Crippen LogP contribution in [0.15, 0.2) is 16.7 Å². The van der Waals surface area contributed by atoms with E-state index in [1.807, 2.05) is 0 Å². The third-order valence-corrected chi connectivity index (χ3v) is 1.23. The van der Waals surface area contributed by atoms with Crippen molar-refractivity contribution in [2.45, 2.75) is 0 Å². The van der Waals surface area contributed by atoms with Gasteiger partial charge in [0.15, 0.2) is 0 Å². The Hall–Kier alpha value is -1.65. The number of nitrogens with zero attached hydrogens (tertiary/aromatic N) is 2. The molecule has 0 unspecified atom stereocenters. The first kappa shape index (κ1) is 6.09. The van der Waals surface area contributed by atoms with Crippen LogP contribution >= 0.6 is 0 Å². The Morgan fingerprint density at radius 2 is 2.36 bits per heavy atom. The summed E-state index contributed by atoms with van der Waals surface area (Å²) in [7, 11) is 0. The predicted octanol–water partition coefficient (Wildman–Crippen LogP) is 0.944. The lowest BCUT2D eigenvalue weighted by molar-refractivity contribution is 0.601. The molecule has 0 spiro atoms. The molecule has 0 bridgehead atoms. The molecule has 0 aliphatic rings. The summed E-state index contributed by atoms with van der Waals surface area (Å²) in [6.07, 6.45) is 1.05. The summed E-state index contributed by atoms with van der Waals surface area (Å²) in [5.74, 6) is -0.453. The standard InChI is InChI=1S/C6H4FN3O/c7-3-1-4-5(9-2-3)11-6(8)10-4/h1-2H,(H2,8,10). The van der Waals surface area contributed by atoms with Crippen molar-refractivity contribution in [3.8, 4) is 0 Å². The van der Waals surface area contributed by atoms with Gasteiger partial charge < -0.3 is 10.2 Å². The van der Waals surface area contributed by atoms with Crippen molar-refractivity contribution >= 4 is 17.2 Å². The maximum atomic E-state index is 12.5. The summed E-state index contributed by atoms with van der Waals surface area (Å²) in [5.41, 5.74) is 5.79. The van der Waals surface area contributed by atoms with Gasteiger partial charge in [-0.15, -0.1) is 0 Å². The van der Waals surface area contributed by atoms with E-state index in [1.165, 1.54) is 6.07 Å². The Kier molecular flexibility index (Phi) is 1.06. The summed E-state index contributed by atoms with van der Waals surface area (Å²) >= 11 is 0. The third-order valence-electron chi connectivity index (χ3n) is 1.23. The van der Waals surface area contributed by atoms with E-state index in [0.29, 0.717) is 5.52 Å². The van der Waals surface area contributed by atoms with E-state index < -0.39 is 5.82 Å². The molecule has 0 amide bonds. The van der Waals surface area contributed by atoms with Crippen LogP contribution in [0.4, 0.5) is 10.4 Å². The topological polar surface area (TPSA) is 64.9 Å². The first-order valence-electron chi connectivity index (χ1n) is 2.93. The zero-order valence-electron chi connectivity index (χ0n) is 5.41. The minimum atomic E-state index is -0.453. The van der Waals surface area contributed by atoms with Crippen molar-refractivity contribution in [3.05, 3.63) is 18.1 Å². The lowest BCUT2D eigenvalue weighted by Crippen LogP contribution is -1.80. The minimum absolute atomic E-state index is 0.00176. The van der Waals surface area contributed by atoms with E-state index in [4.69, 9.17) is 10.2 Å². The molecule has 0 fully saturated rings. The molecule has 2 aromatic heterocycles. The minimum Gasteiger partial charge on any atom is -0.405 e. The number of nitrogens with two attached hydrogens (primary N) is 1. The van der Waals surface area contributed by atoms with Crippen LogP contribution in [-0.2, 0) is 0 Å². The maximum absolute atomic E-state index is 12.5. The van der Waals surface area contributed by atoms with E-state index in [0.717, 1.165) is 6.20 Å². The maximum Gasteiger partial charge on any atom is 0.294 e. The Morgan fingerprint density at radius 3 is 3.18 bits per heavy atom. The Bertz CT molecular complexity index is 398. The quantitative estimate of drug-likeness (QED) is 0.611. The average Bonchev–Trinajstić information content (AvgIpc) is 2.27. The molecule has 0 radical (unpaired) electrons. The van der Waals surface area contributed by atoms with E-state index in [9.17, 15) is 4.39 Å². The zero-order chi connectivity index (χ0) is 7.84. The molecule has 5 heteroatoms. The van der Waals surface area contributed by atoms with Crippen LogP contribution in [0.2, 0.25) is 0 Å². The van der Waals surface area contributed by atoms with Crippen LogP contribution in [-0.4, -0.2) is 9.97 Å². The number of nitrogen functional groups attached to an aromatic ring is 1. The van der Waals surface area contributed by atoms with Crippen LogP contribution in [0.3, 0.4) is 0 Å². The van der Waals surface area contributed by atoms with Crippen molar-refractivity contribution in [2.24, 2.45) is 0 Å². The van der Waals surface area contributed by atoms with Gasteiger partial charge in [0.2, 0.25) is 5.71 Å². The predicted molar refractivity (Wildman–Crippen MR) is 36.2 cm³/mol. The fraction of sp³-hybridized carbons (Fsp3) is 0. The number of aromatic nitrogens is 2. The highest BCUT2D eigenvalue weighted by atomic mass is 19.1. The molecular weight excluding hydrogens is 149 g/mol. The first-order chi connectivity index (χ1) is 5.25. The number of rotatable bonds is 0. The second kappa shape index (κ2) is 1.91. The Morgan fingerprint density at radius 1 is 1.55 bits per heavy atom. The highest BCUT2D eigenvalue weighted by molar-refractivity contribution is 5.69. The monoisotopic (exact) mass is 153 g/mol. The van der Waals surface area contributed by atoms with Crippen molar-refractivity contribution in [1.29, 1.82) is 0 Å². The van der Waals surface area contributed by atoms with Crippen LogP contribution in [0.1, 0.15) is 0 Å². The van der Waals surface area contributed by atoms with Gasteiger partial charge in [0, 0.05) is 6.07 Å². The smallest absolute Gasteiger partial charge is 0.294 e. The van der Waals surface area contributed by atoms with Gasteiger partial charge in [-0.2, -0.15) is 4.98 Å². The lowest BCUT2D eigenvalue weighted by atomic mass is 10.4. The van der Waals surface area contributed by atoms with Gasteiger partial charge in [0.1, 0.15) is 11.3 Å². The second-order valence-electron chi connectivity index (χ2n) is 2.03. The number of anilines is 1. The number of hydrogen-bond acceptors (Lipinski definition) is 4. The molecule has 0 aliphatic carbocycles. The van der Waals surface area contributed by atoms with Crippen molar-refractivity contribution in [3.63, 3.8) is 0 Å². The van der Waals surface area contributed by atoms with Crippen molar-refractivity contribution in [1.82, 2.24) is 9.97 Å². The molecule has 0 saturated heterocycles. The zero-order valence-corrected chi connectivity index (χ0v) is 5.41. The summed E-state index contributed by atoms with van der Waals surface area (Å²) in [5, 5.41) is 0. The molecule has 2 rings (SSSR count). The highest BCUT2D eigenvalue weighted by Crippen LogP contribution is 2.14. The van der Waals surface area contributed by atoms with E-state index >= 15 is 0 Å². The molecular formula is C6H4FN3O. The summed E-state index contributed by atoms with van der Waals surface area (Å²) in [6.45, 7) is 0. The van der Waals surface area contributed by atoms with Crippen LogP contribution in [0.5, 0.6) is 0 Å². The summed E-state index contributed by atoms with van der Waals surface area (Å²) < 4.78 is 17.3. The normalized spacial score (nSPS) is 10.6. The first-order valence-corrected chi connectivity index (χ1v) is 2.93. The number of pyridine rings is 1. The second-order valence-corrected chi connectivity index (χ2v) is 2.03. The van der Waals surface area contributed by atoms with Crippen molar-refractivity contribution < 1.29 is 8.81 Å². The molecule has 0 aromatic carbocycles. The Balaban J connectivity index is 2.82. The van der Waals surface area contributed by atoms with Gasteiger partial charge in [-0.25, -0.2) is 9.37 Å². The molecule has 0 saturated carbocycles. The average molecular weight is 153 g/mol. The van der Waals surface area contributed by atoms with E-state index in [-0.39, 0.29) is 11.7 Å². The van der Waals surface area contributed by atoms with Gasteiger partial charge >= 0.3 is 0 Å². The number of halogens is 1. The molecule has 2 N–H and O–H groups in total. The fourth-order valence-corrected chi connectivity index (χ4v) is 0.815. The highest BCUT2D eigenvalue weighted by Gasteiger charge is 2.03. The van der Waals surface area contributed by atoms with Crippen LogP contribution in [0.25, 0.3) is 11.2 Å². The molecule has 0 atom stereocenters. The largest absolute Gasteiger partial charge is 0.405 e. The molecule has 4 nitrogen and oxygen atoms in total.